The van der Waals surface area contributed by atoms with Crippen LogP contribution in [0.5, 0.6) is 0 Å². The highest BCUT2D eigenvalue weighted by atomic mass is 16.6. The van der Waals surface area contributed by atoms with Gasteiger partial charge in [-0.05, 0) is 19.4 Å². The lowest BCUT2D eigenvalue weighted by Gasteiger charge is -2.08. The fourth-order valence-corrected chi connectivity index (χ4v) is 1.40. The molecule has 0 bridgehead atoms. The predicted octanol–water partition coefficient (Wildman–Crippen LogP) is 0.765. The minimum atomic E-state index is -0.453. The van der Waals surface area contributed by atoms with Gasteiger partial charge in [-0.15, -0.1) is 0 Å². The third-order valence-electron chi connectivity index (χ3n) is 2.15. The lowest BCUT2D eigenvalue weighted by atomic mass is 10.0. The Labute approximate surface area is 87.7 Å². The second-order valence-corrected chi connectivity index (χ2v) is 3.54. The van der Waals surface area contributed by atoms with Gasteiger partial charge < -0.3 is 10.8 Å². The van der Waals surface area contributed by atoms with Crippen LogP contribution in [0.4, 0.5) is 5.69 Å². The van der Waals surface area contributed by atoms with Crippen LogP contribution in [0.15, 0.2) is 18.2 Å². The van der Waals surface area contributed by atoms with Gasteiger partial charge in [0.2, 0.25) is 0 Å². The Balaban J connectivity index is 3.02. The van der Waals surface area contributed by atoms with Gasteiger partial charge in [0.1, 0.15) is 0 Å². The first-order valence-electron chi connectivity index (χ1n) is 4.65. The van der Waals surface area contributed by atoms with Gasteiger partial charge in [-0.3, -0.25) is 10.1 Å². The highest BCUT2D eigenvalue weighted by Gasteiger charge is 2.15. The van der Waals surface area contributed by atoms with Crippen LogP contribution in [0.1, 0.15) is 11.1 Å². The van der Waals surface area contributed by atoms with Gasteiger partial charge in [-0.2, -0.15) is 0 Å². The van der Waals surface area contributed by atoms with Crippen molar-refractivity contribution in [3.63, 3.8) is 0 Å². The van der Waals surface area contributed by atoms with Crippen LogP contribution < -0.4 is 5.73 Å². The second-order valence-electron chi connectivity index (χ2n) is 3.54. The molecule has 0 saturated carbocycles. The van der Waals surface area contributed by atoms with E-state index in [1.807, 2.05) is 6.92 Å². The third-order valence-corrected chi connectivity index (χ3v) is 2.15. The van der Waals surface area contributed by atoms with Crippen LogP contribution in [-0.4, -0.2) is 22.7 Å². The minimum absolute atomic E-state index is 0.0597. The summed E-state index contributed by atoms with van der Waals surface area (Å²) < 4.78 is 0. The quantitative estimate of drug-likeness (QED) is 0.567. The Morgan fingerprint density at radius 1 is 1.60 bits per heavy atom. The summed E-state index contributed by atoms with van der Waals surface area (Å²) in [6, 6.07) is 4.43. The predicted molar refractivity (Wildman–Crippen MR) is 56.6 cm³/mol. The van der Waals surface area contributed by atoms with Crippen molar-refractivity contribution in [2.45, 2.75) is 19.4 Å². The number of aliphatic hydroxyl groups excluding tert-OH is 1. The number of aliphatic hydroxyl groups is 1. The molecule has 1 aromatic rings. The molecule has 82 valence electrons. The van der Waals surface area contributed by atoms with E-state index < -0.39 is 11.0 Å². The molecule has 0 amide bonds. The van der Waals surface area contributed by atoms with Crippen molar-refractivity contribution in [3.8, 4) is 0 Å². The summed E-state index contributed by atoms with van der Waals surface area (Å²) in [5.74, 6) is 0. The first-order chi connectivity index (χ1) is 7.04. The van der Waals surface area contributed by atoms with Gasteiger partial charge in [0, 0.05) is 17.7 Å². The van der Waals surface area contributed by atoms with Crippen LogP contribution >= 0.6 is 0 Å². The second kappa shape index (κ2) is 4.86. The summed E-state index contributed by atoms with van der Waals surface area (Å²) in [5.41, 5.74) is 7.13. The van der Waals surface area contributed by atoms with E-state index in [1.165, 1.54) is 6.07 Å². The zero-order valence-corrected chi connectivity index (χ0v) is 8.51. The Morgan fingerprint density at radius 2 is 2.27 bits per heavy atom. The topological polar surface area (TPSA) is 89.4 Å². The molecule has 5 nitrogen and oxygen atoms in total. The zero-order valence-electron chi connectivity index (χ0n) is 8.51. The molecule has 0 spiro atoms. The van der Waals surface area contributed by atoms with Gasteiger partial charge in [-0.1, -0.05) is 11.6 Å². The number of benzene rings is 1. The summed E-state index contributed by atoms with van der Waals surface area (Å²) in [5, 5.41) is 19.5. The summed E-state index contributed by atoms with van der Waals surface area (Å²) in [4.78, 5) is 10.3. The fourth-order valence-electron chi connectivity index (χ4n) is 1.40. The summed E-state index contributed by atoms with van der Waals surface area (Å²) >= 11 is 0. The van der Waals surface area contributed by atoms with E-state index >= 15 is 0 Å². The van der Waals surface area contributed by atoms with Crippen LogP contribution in [-0.2, 0) is 6.42 Å². The monoisotopic (exact) mass is 210 g/mol. The first-order valence-corrected chi connectivity index (χ1v) is 4.65. The van der Waals surface area contributed by atoms with Gasteiger partial charge in [0.05, 0.1) is 11.5 Å². The van der Waals surface area contributed by atoms with Crippen LogP contribution in [0.3, 0.4) is 0 Å². The molecule has 0 aliphatic rings. The molecule has 0 aliphatic carbocycles. The first kappa shape index (κ1) is 11.6. The van der Waals surface area contributed by atoms with Crippen molar-refractivity contribution < 1.29 is 10.0 Å². The maximum absolute atomic E-state index is 10.7. The summed E-state index contributed by atoms with van der Waals surface area (Å²) in [6.07, 6.45) is 0.314. The van der Waals surface area contributed by atoms with Crippen LogP contribution in [0, 0.1) is 17.0 Å². The van der Waals surface area contributed by atoms with Crippen molar-refractivity contribution >= 4 is 5.69 Å². The normalized spacial score (nSPS) is 12.5. The molecule has 0 aromatic heterocycles. The average Bonchev–Trinajstić information content (AvgIpc) is 2.17. The molecule has 15 heavy (non-hydrogen) atoms. The number of rotatable bonds is 4. The van der Waals surface area contributed by atoms with Crippen molar-refractivity contribution in [1.29, 1.82) is 0 Å². The fraction of sp³-hybridized carbons (Fsp3) is 0.400. The van der Waals surface area contributed by atoms with E-state index in [9.17, 15) is 10.1 Å². The average molecular weight is 210 g/mol. The number of nitrogens with two attached hydrogens (primary N) is 1. The Morgan fingerprint density at radius 3 is 2.80 bits per heavy atom. The van der Waals surface area contributed by atoms with Gasteiger partial charge in [0.15, 0.2) is 0 Å². The minimum Gasteiger partial charge on any atom is -0.395 e. The molecule has 0 fully saturated rings. The van der Waals surface area contributed by atoms with E-state index in [1.54, 1.807) is 12.1 Å². The van der Waals surface area contributed by atoms with E-state index in [0.29, 0.717) is 12.0 Å². The number of aryl methyl sites for hydroxylation is 1. The number of nitro benzene ring substituents is 1. The zero-order chi connectivity index (χ0) is 11.4. The summed E-state index contributed by atoms with van der Waals surface area (Å²) in [7, 11) is 0. The molecule has 5 heteroatoms. The Kier molecular flexibility index (Phi) is 3.76. The molecule has 0 heterocycles. The maximum Gasteiger partial charge on any atom is 0.272 e. The Hall–Kier alpha value is -1.46. The van der Waals surface area contributed by atoms with Crippen LogP contribution in [0.25, 0.3) is 0 Å². The smallest absolute Gasteiger partial charge is 0.272 e. The molecule has 0 aliphatic heterocycles. The molecular formula is C10H14N2O3. The van der Waals surface area contributed by atoms with E-state index in [4.69, 9.17) is 10.8 Å². The van der Waals surface area contributed by atoms with Crippen molar-refractivity contribution in [1.82, 2.24) is 0 Å². The molecule has 1 atom stereocenters. The van der Waals surface area contributed by atoms with Crippen molar-refractivity contribution in [2.24, 2.45) is 5.73 Å². The third kappa shape index (κ3) is 3.00. The SMILES string of the molecule is Cc1ccc([N+](=O)[O-])c(CC(N)CO)c1. The molecule has 1 rings (SSSR count). The molecule has 1 aromatic carbocycles. The van der Waals surface area contributed by atoms with Crippen LogP contribution in [0.2, 0.25) is 0 Å². The summed E-state index contributed by atoms with van der Waals surface area (Å²) in [6.45, 7) is 1.68. The lowest BCUT2D eigenvalue weighted by Crippen LogP contribution is -2.27. The maximum atomic E-state index is 10.7. The highest BCUT2D eigenvalue weighted by molar-refractivity contribution is 5.43. The number of hydrogen-bond acceptors (Lipinski definition) is 4. The lowest BCUT2D eigenvalue weighted by molar-refractivity contribution is -0.385. The van der Waals surface area contributed by atoms with Crippen molar-refractivity contribution in [3.05, 3.63) is 39.4 Å². The van der Waals surface area contributed by atoms with E-state index in [0.717, 1.165) is 5.56 Å². The van der Waals surface area contributed by atoms with Gasteiger partial charge in [0.25, 0.3) is 5.69 Å². The van der Waals surface area contributed by atoms with E-state index in [-0.39, 0.29) is 12.3 Å². The molecular weight excluding hydrogens is 196 g/mol. The van der Waals surface area contributed by atoms with E-state index in [2.05, 4.69) is 0 Å². The number of nitrogens with zero attached hydrogens (tertiary/aromatic N) is 1. The molecule has 0 radical (unpaired) electrons. The largest absolute Gasteiger partial charge is 0.395 e. The number of hydrogen-bond donors (Lipinski definition) is 2. The molecule has 3 N–H and O–H groups in total. The number of nitro groups is 1. The standard InChI is InChI=1S/C10H14N2O3/c1-7-2-3-10(12(14)15)8(4-7)5-9(11)6-13/h2-4,9,13H,5-6,11H2,1H3. The Bertz CT molecular complexity index is 366. The highest BCUT2D eigenvalue weighted by Crippen LogP contribution is 2.20. The molecule has 0 saturated heterocycles. The molecule has 1 unspecified atom stereocenters. The van der Waals surface area contributed by atoms with Gasteiger partial charge >= 0.3 is 0 Å². The van der Waals surface area contributed by atoms with Gasteiger partial charge in [-0.25, -0.2) is 0 Å². The van der Waals surface area contributed by atoms with Crippen molar-refractivity contribution in [2.75, 3.05) is 6.61 Å².